The average Bonchev–Trinajstić information content (AvgIpc) is 2.45. The lowest BCUT2D eigenvalue weighted by molar-refractivity contribution is -0.145. The van der Waals surface area contributed by atoms with Crippen molar-refractivity contribution in [2.75, 3.05) is 7.11 Å². The van der Waals surface area contributed by atoms with E-state index < -0.39 is 28.0 Å². The van der Waals surface area contributed by atoms with Gasteiger partial charge in [-0.1, -0.05) is 38.0 Å². The topological polar surface area (TPSA) is 72.5 Å². The molecule has 1 aromatic carbocycles. The number of sulfonamides is 1. The minimum Gasteiger partial charge on any atom is -0.469 e. The molecule has 0 fully saturated rings. The summed E-state index contributed by atoms with van der Waals surface area (Å²) in [5.41, 5.74) is 0.988. The molecule has 0 heterocycles. The van der Waals surface area contributed by atoms with Crippen molar-refractivity contribution in [2.45, 2.75) is 44.6 Å². The van der Waals surface area contributed by atoms with Gasteiger partial charge in [0.1, 0.15) is 0 Å². The molecule has 2 atom stereocenters. The predicted molar refractivity (Wildman–Crippen MR) is 81.4 cm³/mol. The summed E-state index contributed by atoms with van der Waals surface area (Å²) in [6.45, 7) is 5.50. The summed E-state index contributed by atoms with van der Waals surface area (Å²) in [5, 5.41) is 0. The summed E-state index contributed by atoms with van der Waals surface area (Å²) in [4.78, 5) is 11.8. The highest BCUT2D eigenvalue weighted by Crippen LogP contribution is 2.16. The van der Waals surface area contributed by atoms with Crippen LogP contribution in [0.15, 0.2) is 29.2 Å². The number of methoxy groups -OCH3 is 1. The molecule has 0 radical (unpaired) electrons. The lowest BCUT2D eigenvalue weighted by Gasteiger charge is -2.23. The molecular formula is C15H23NO4S. The first-order chi connectivity index (χ1) is 9.81. The number of carbonyl (C=O) groups excluding carboxylic acids is 1. The number of nitrogens with one attached hydrogen (secondary N) is 1. The monoisotopic (exact) mass is 313 g/mol. The molecule has 5 nitrogen and oxygen atoms in total. The molecule has 0 aromatic heterocycles. The third-order valence-corrected chi connectivity index (χ3v) is 4.92. The van der Waals surface area contributed by atoms with Crippen LogP contribution >= 0.6 is 0 Å². The van der Waals surface area contributed by atoms with Gasteiger partial charge in [-0.2, -0.15) is 0 Å². The SMILES string of the molecule is CCC[C@@H](NS(=O)(=O)c1ccc(C)cc1)[C@H](C)C(=O)OC. The number of hydrogen-bond donors (Lipinski definition) is 1. The molecule has 21 heavy (non-hydrogen) atoms. The molecule has 0 spiro atoms. The number of aryl methyl sites for hydroxylation is 1. The largest absolute Gasteiger partial charge is 0.469 e. The number of benzene rings is 1. The van der Waals surface area contributed by atoms with Crippen molar-refractivity contribution in [3.63, 3.8) is 0 Å². The molecule has 0 bridgehead atoms. The van der Waals surface area contributed by atoms with Gasteiger partial charge in [0.2, 0.25) is 10.0 Å². The molecule has 1 rings (SSSR count). The van der Waals surface area contributed by atoms with E-state index in [1.807, 2.05) is 13.8 Å². The molecule has 0 saturated heterocycles. The minimum absolute atomic E-state index is 0.200. The van der Waals surface area contributed by atoms with Crippen molar-refractivity contribution in [3.8, 4) is 0 Å². The average molecular weight is 313 g/mol. The van der Waals surface area contributed by atoms with E-state index in [1.165, 1.54) is 7.11 Å². The Hall–Kier alpha value is -1.40. The van der Waals surface area contributed by atoms with Crippen LogP contribution in [0.2, 0.25) is 0 Å². The number of hydrogen-bond acceptors (Lipinski definition) is 4. The van der Waals surface area contributed by atoms with E-state index in [4.69, 9.17) is 4.74 Å². The Kier molecular flexibility index (Phi) is 6.36. The van der Waals surface area contributed by atoms with Crippen LogP contribution in [0.4, 0.5) is 0 Å². The summed E-state index contributed by atoms with van der Waals surface area (Å²) in [6, 6.07) is 6.13. The second-order valence-electron chi connectivity index (χ2n) is 5.14. The third kappa shape index (κ3) is 4.82. The quantitative estimate of drug-likeness (QED) is 0.784. The van der Waals surface area contributed by atoms with Crippen molar-refractivity contribution in [1.29, 1.82) is 0 Å². The maximum atomic E-state index is 12.4. The van der Waals surface area contributed by atoms with Gasteiger partial charge in [-0.3, -0.25) is 4.79 Å². The number of rotatable bonds is 7. The third-order valence-electron chi connectivity index (χ3n) is 3.41. The number of ether oxygens (including phenoxy) is 1. The summed E-state index contributed by atoms with van der Waals surface area (Å²) in [5.74, 6) is -0.949. The number of esters is 1. The molecule has 0 aliphatic carbocycles. The zero-order valence-electron chi connectivity index (χ0n) is 12.9. The Balaban J connectivity index is 2.96. The summed E-state index contributed by atoms with van der Waals surface area (Å²) in [7, 11) is -2.34. The lowest BCUT2D eigenvalue weighted by atomic mass is 9.99. The molecule has 1 N–H and O–H groups in total. The van der Waals surface area contributed by atoms with Gasteiger partial charge in [0, 0.05) is 6.04 Å². The van der Waals surface area contributed by atoms with Gasteiger partial charge in [0.25, 0.3) is 0 Å². The summed E-state index contributed by atoms with van der Waals surface area (Å²) in [6.07, 6.45) is 1.34. The van der Waals surface area contributed by atoms with Crippen molar-refractivity contribution in [3.05, 3.63) is 29.8 Å². The highest BCUT2D eigenvalue weighted by Gasteiger charge is 2.28. The maximum absolute atomic E-state index is 12.4. The van der Waals surface area contributed by atoms with Gasteiger partial charge < -0.3 is 4.74 Å². The molecule has 6 heteroatoms. The zero-order valence-corrected chi connectivity index (χ0v) is 13.7. The summed E-state index contributed by atoms with van der Waals surface area (Å²) >= 11 is 0. The Morgan fingerprint density at radius 1 is 1.29 bits per heavy atom. The van der Waals surface area contributed by atoms with E-state index in [9.17, 15) is 13.2 Å². The standard InChI is InChI=1S/C15H23NO4S/c1-5-6-14(12(3)15(17)20-4)16-21(18,19)13-9-7-11(2)8-10-13/h7-10,12,14,16H,5-6H2,1-4H3/t12-,14+/m0/s1. The fraction of sp³-hybridized carbons (Fsp3) is 0.533. The minimum atomic E-state index is -3.64. The van der Waals surface area contributed by atoms with Gasteiger partial charge in [0.15, 0.2) is 0 Å². The maximum Gasteiger partial charge on any atom is 0.309 e. The van der Waals surface area contributed by atoms with Gasteiger partial charge in [-0.25, -0.2) is 13.1 Å². The predicted octanol–water partition coefficient (Wildman–Crippen LogP) is 2.25. The van der Waals surface area contributed by atoms with E-state index >= 15 is 0 Å². The van der Waals surface area contributed by atoms with Crippen molar-refractivity contribution < 1.29 is 17.9 Å². The van der Waals surface area contributed by atoms with Crippen LogP contribution in [0.1, 0.15) is 32.3 Å². The van der Waals surface area contributed by atoms with Crippen LogP contribution in [-0.2, 0) is 19.6 Å². The van der Waals surface area contributed by atoms with Gasteiger partial charge in [-0.15, -0.1) is 0 Å². The van der Waals surface area contributed by atoms with Crippen LogP contribution in [0.3, 0.4) is 0 Å². The second kappa shape index (κ2) is 7.56. The van der Waals surface area contributed by atoms with Crippen LogP contribution in [0.25, 0.3) is 0 Å². The first-order valence-electron chi connectivity index (χ1n) is 6.98. The van der Waals surface area contributed by atoms with Crippen molar-refractivity contribution in [1.82, 2.24) is 4.72 Å². The molecule has 0 amide bonds. The summed E-state index contributed by atoms with van der Waals surface area (Å²) < 4.78 is 32.1. The molecule has 0 aliphatic rings. The van der Waals surface area contributed by atoms with Crippen LogP contribution < -0.4 is 4.72 Å². The van der Waals surface area contributed by atoms with Crippen molar-refractivity contribution >= 4 is 16.0 Å². The van der Waals surface area contributed by atoms with Crippen LogP contribution in [-0.4, -0.2) is 27.5 Å². The number of carbonyl (C=O) groups is 1. The normalized spacial score (nSPS) is 14.5. The Labute approximate surface area is 126 Å². The molecule has 0 aliphatic heterocycles. The Bertz CT molecular complexity index is 566. The molecule has 118 valence electrons. The van der Waals surface area contributed by atoms with Crippen LogP contribution in [0.5, 0.6) is 0 Å². The second-order valence-corrected chi connectivity index (χ2v) is 6.86. The first-order valence-corrected chi connectivity index (χ1v) is 8.47. The smallest absolute Gasteiger partial charge is 0.309 e. The van der Waals surface area contributed by atoms with Crippen LogP contribution in [0, 0.1) is 12.8 Å². The highest BCUT2D eigenvalue weighted by atomic mass is 32.2. The van der Waals surface area contributed by atoms with E-state index in [0.29, 0.717) is 6.42 Å². The fourth-order valence-electron chi connectivity index (χ4n) is 2.06. The van der Waals surface area contributed by atoms with Gasteiger partial charge in [0.05, 0.1) is 17.9 Å². The lowest BCUT2D eigenvalue weighted by Crippen LogP contribution is -2.42. The van der Waals surface area contributed by atoms with Crippen molar-refractivity contribution in [2.24, 2.45) is 5.92 Å². The van der Waals surface area contributed by atoms with Gasteiger partial charge in [-0.05, 0) is 25.5 Å². The molecular weight excluding hydrogens is 290 g/mol. The van der Waals surface area contributed by atoms with E-state index in [2.05, 4.69) is 4.72 Å². The highest BCUT2D eigenvalue weighted by molar-refractivity contribution is 7.89. The fourth-order valence-corrected chi connectivity index (χ4v) is 3.41. The van der Waals surface area contributed by atoms with E-state index in [-0.39, 0.29) is 4.90 Å². The molecule has 0 saturated carbocycles. The van der Waals surface area contributed by atoms with Gasteiger partial charge >= 0.3 is 5.97 Å². The molecule has 0 unspecified atom stereocenters. The zero-order chi connectivity index (χ0) is 16.0. The first kappa shape index (κ1) is 17.7. The van der Waals surface area contributed by atoms with E-state index in [1.54, 1.807) is 31.2 Å². The molecule has 1 aromatic rings. The van der Waals surface area contributed by atoms with E-state index in [0.717, 1.165) is 12.0 Å². The Morgan fingerprint density at radius 2 is 1.86 bits per heavy atom. The Morgan fingerprint density at radius 3 is 2.33 bits per heavy atom.